The van der Waals surface area contributed by atoms with E-state index in [1.807, 2.05) is 104 Å². The highest BCUT2D eigenvalue weighted by Gasteiger charge is 2.56. The summed E-state index contributed by atoms with van der Waals surface area (Å²) in [6.45, 7) is 10.9. The second-order valence-electron chi connectivity index (χ2n) is 16.3. The van der Waals surface area contributed by atoms with E-state index >= 15 is 4.79 Å². The molecule has 3 aromatic carbocycles. The van der Waals surface area contributed by atoms with E-state index in [0.717, 1.165) is 22.1 Å². The Bertz CT molecular complexity index is 1990. The lowest BCUT2D eigenvalue weighted by atomic mass is 9.76. The number of aliphatic hydroxyl groups is 1. The van der Waals surface area contributed by atoms with E-state index in [-0.39, 0.29) is 39.3 Å². The summed E-state index contributed by atoms with van der Waals surface area (Å²) in [4.78, 5) is 32.6. The number of aliphatic hydroxyl groups excluding tert-OH is 1. The topological polar surface area (TPSA) is 135 Å². The lowest BCUT2D eigenvalue weighted by Gasteiger charge is -2.37. The third-order valence-corrected chi connectivity index (χ3v) is 10.5. The summed E-state index contributed by atoms with van der Waals surface area (Å²) >= 11 is 0. The normalized spacial score (nSPS) is 23.2. The molecule has 1 N–H and O–H groups in total. The maximum absolute atomic E-state index is 15.2. The zero-order valence-corrected chi connectivity index (χ0v) is 32.2. The number of hydrogen-bond donors (Lipinski definition) is 1. The average molecular weight is 749 g/mol. The van der Waals surface area contributed by atoms with Gasteiger partial charge in [-0.25, -0.2) is 9.59 Å². The summed E-state index contributed by atoms with van der Waals surface area (Å²) in [5.41, 5.74) is 2.84. The number of amides is 2. The highest BCUT2D eigenvalue weighted by atomic mass is 16.8. The molecule has 13 nitrogen and oxygen atoms in total. The molecule has 0 saturated carbocycles. The van der Waals surface area contributed by atoms with E-state index in [0.29, 0.717) is 50.2 Å². The first-order chi connectivity index (χ1) is 26.4. The van der Waals surface area contributed by atoms with Gasteiger partial charge in [0.25, 0.3) is 0 Å². The van der Waals surface area contributed by atoms with Gasteiger partial charge in [-0.2, -0.15) is 4.68 Å². The molecule has 0 aliphatic carbocycles. The Morgan fingerprint density at radius 3 is 1.98 bits per heavy atom. The molecule has 8 rings (SSSR count). The van der Waals surface area contributed by atoms with Crippen molar-refractivity contribution in [3.63, 3.8) is 0 Å². The van der Waals surface area contributed by atoms with E-state index < -0.39 is 35.7 Å². The van der Waals surface area contributed by atoms with Crippen LogP contribution in [0.4, 0.5) is 15.4 Å². The van der Waals surface area contributed by atoms with Crippen molar-refractivity contribution in [3.8, 4) is 0 Å². The summed E-state index contributed by atoms with van der Waals surface area (Å²) in [6.07, 6.45) is 0.0174. The van der Waals surface area contributed by atoms with Crippen LogP contribution in [0.15, 0.2) is 78.9 Å². The van der Waals surface area contributed by atoms with Crippen LogP contribution in [0.25, 0.3) is 10.9 Å². The van der Waals surface area contributed by atoms with Gasteiger partial charge in [-0.05, 0) is 82.7 Å². The van der Waals surface area contributed by atoms with Crippen molar-refractivity contribution in [2.24, 2.45) is 0 Å². The molecule has 4 aromatic rings. The van der Waals surface area contributed by atoms with Gasteiger partial charge in [0.1, 0.15) is 23.6 Å². The monoisotopic (exact) mass is 749 g/mol. The molecule has 4 aliphatic rings. The lowest BCUT2D eigenvalue weighted by Crippen LogP contribution is -2.52. The smallest absolute Gasteiger partial charge is 0.435 e. The summed E-state index contributed by atoms with van der Waals surface area (Å²) in [7, 11) is -0.435. The van der Waals surface area contributed by atoms with Crippen molar-refractivity contribution >= 4 is 42.9 Å². The van der Waals surface area contributed by atoms with Gasteiger partial charge >= 0.3 is 26.2 Å². The summed E-state index contributed by atoms with van der Waals surface area (Å²) in [5.74, 6) is -0.338. The third-order valence-electron chi connectivity index (χ3n) is 10.5. The molecule has 4 aliphatic heterocycles. The molecule has 4 atom stereocenters. The Kier molecular flexibility index (Phi) is 10.2. The Hall–Kier alpha value is -4.40. The number of nitrogens with zero attached hydrogens (tertiary/aromatic N) is 5. The van der Waals surface area contributed by atoms with Crippen LogP contribution in [0.3, 0.4) is 0 Å². The van der Waals surface area contributed by atoms with E-state index in [4.69, 9.17) is 28.6 Å². The van der Waals surface area contributed by atoms with Crippen molar-refractivity contribution in [3.05, 3.63) is 95.6 Å². The Labute approximate surface area is 322 Å². The van der Waals surface area contributed by atoms with Crippen molar-refractivity contribution in [1.82, 2.24) is 19.6 Å². The second-order valence-corrected chi connectivity index (χ2v) is 16.3. The standard InChI is InChI=1S/C40H49B2N5O8/c1-39(2,3)55-38(50)46-31-18-17-29(21-30(31)36(43-46)47(41-25-51-41)42-26-52-42)24-45-33(23-28-15-10-7-11-16-28)35-34(53-40(4,5)54-35)32(22-27-13-8-6-9-14-27)44(37(45)49)19-12-20-48/h6-11,13-18,21,32-35,48H,12,19-20,22-26H2,1-5H3/t32-,33-,34+,35+/m1/s1. The second kappa shape index (κ2) is 14.9. The molecule has 2 amide bonds. The fraction of sp³-hybridized carbons (Fsp3) is 0.475. The molecule has 15 heteroatoms. The molecular weight excluding hydrogens is 700 g/mol. The molecule has 5 heterocycles. The minimum absolute atomic E-state index is 0.0563. The predicted octanol–water partition coefficient (Wildman–Crippen LogP) is 5.10. The molecule has 4 saturated heterocycles. The molecule has 0 radical (unpaired) electrons. The van der Waals surface area contributed by atoms with Crippen LogP contribution in [0, 0.1) is 0 Å². The van der Waals surface area contributed by atoms with E-state index in [9.17, 15) is 9.90 Å². The quantitative estimate of drug-likeness (QED) is 0.154. The van der Waals surface area contributed by atoms with Crippen LogP contribution < -0.4 is 4.72 Å². The number of rotatable bonds is 12. The fourth-order valence-electron chi connectivity index (χ4n) is 8.01. The third kappa shape index (κ3) is 8.13. The molecule has 288 valence electrons. The molecule has 0 unspecified atom stereocenters. The first-order valence-corrected chi connectivity index (χ1v) is 19.3. The minimum Gasteiger partial charge on any atom is -0.442 e. The van der Waals surface area contributed by atoms with Crippen LogP contribution in [0.1, 0.15) is 57.7 Å². The number of benzene rings is 3. The number of aromatic nitrogens is 2. The number of carbonyl (C=O) groups excluding carboxylic acids is 2. The number of hydrogen-bond acceptors (Lipinski definition) is 10. The Morgan fingerprint density at radius 2 is 1.45 bits per heavy atom. The van der Waals surface area contributed by atoms with Crippen LogP contribution in [-0.2, 0) is 42.9 Å². The average Bonchev–Trinajstić information content (AvgIpc) is 4.09. The first-order valence-electron chi connectivity index (χ1n) is 19.3. The van der Waals surface area contributed by atoms with Crippen molar-refractivity contribution in [1.29, 1.82) is 0 Å². The maximum Gasteiger partial charge on any atom is 0.435 e. The van der Waals surface area contributed by atoms with Crippen LogP contribution in [0.2, 0.25) is 0 Å². The highest BCUT2D eigenvalue weighted by Crippen LogP contribution is 2.41. The zero-order chi connectivity index (χ0) is 38.5. The number of anilines is 1. The Morgan fingerprint density at radius 1 is 0.891 bits per heavy atom. The number of carbonyl (C=O) groups is 2. The van der Waals surface area contributed by atoms with Gasteiger partial charge in [-0.3, -0.25) is 0 Å². The molecule has 0 spiro atoms. The fourth-order valence-corrected chi connectivity index (χ4v) is 8.01. The van der Waals surface area contributed by atoms with Gasteiger partial charge in [0.15, 0.2) is 5.79 Å². The molecule has 0 bridgehead atoms. The molecule has 4 fully saturated rings. The summed E-state index contributed by atoms with van der Waals surface area (Å²) in [5, 5.41) is 15.6. The zero-order valence-electron chi connectivity index (χ0n) is 32.2. The maximum atomic E-state index is 15.2. The van der Waals surface area contributed by atoms with Gasteiger partial charge in [0.2, 0.25) is 0 Å². The van der Waals surface area contributed by atoms with Gasteiger partial charge in [0.05, 0.1) is 30.6 Å². The van der Waals surface area contributed by atoms with E-state index in [1.54, 1.807) is 0 Å². The molecule has 1 aromatic heterocycles. The first kappa shape index (κ1) is 37.5. The predicted molar refractivity (Wildman–Crippen MR) is 208 cm³/mol. The Balaban J connectivity index is 1.23. The van der Waals surface area contributed by atoms with E-state index in [1.165, 1.54) is 4.68 Å². The van der Waals surface area contributed by atoms with E-state index in [2.05, 4.69) is 24.3 Å². The van der Waals surface area contributed by atoms with Crippen molar-refractivity contribution in [2.75, 3.05) is 30.9 Å². The van der Waals surface area contributed by atoms with Gasteiger partial charge in [-0.1, -0.05) is 66.7 Å². The highest BCUT2D eigenvalue weighted by molar-refractivity contribution is 6.84. The molecule has 55 heavy (non-hydrogen) atoms. The largest absolute Gasteiger partial charge is 0.442 e. The summed E-state index contributed by atoms with van der Waals surface area (Å²) in [6, 6.07) is 25.2. The van der Waals surface area contributed by atoms with Crippen LogP contribution >= 0.6 is 0 Å². The van der Waals surface area contributed by atoms with Crippen LogP contribution in [0.5, 0.6) is 0 Å². The van der Waals surface area contributed by atoms with Gasteiger partial charge < -0.3 is 43.1 Å². The van der Waals surface area contributed by atoms with Crippen LogP contribution in [-0.4, -0.2) is 113 Å². The minimum atomic E-state index is -0.892. The number of urea groups is 1. The van der Waals surface area contributed by atoms with Crippen molar-refractivity contribution in [2.45, 2.75) is 96.1 Å². The number of fused-ring (bicyclic) bond motifs is 2. The lowest BCUT2D eigenvalue weighted by molar-refractivity contribution is -0.157. The van der Waals surface area contributed by atoms with Gasteiger partial charge in [0, 0.05) is 25.1 Å². The van der Waals surface area contributed by atoms with Gasteiger partial charge in [-0.15, -0.1) is 5.10 Å². The summed E-state index contributed by atoms with van der Waals surface area (Å²) < 4.78 is 34.0. The van der Waals surface area contributed by atoms with Crippen molar-refractivity contribution < 1.29 is 38.2 Å². The SMILES string of the molecule is CC(C)(C)OC(=O)n1nc(N(B2CO2)B2CO2)c2cc(CN3C(=O)N(CCCO)[C@H](Cc4ccccc4)[C@@H]4OC(C)(C)O[C@H]4[C@H]3Cc3ccccc3)ccc21. The molecular formula is C40H49B2N5O8. The number of ether oxygens (including phenoxy) is 3.